The summed E-state index contributed by atoms with van der Waals surface area (Å²) in [5.74, 6) is 3.79. The lowest BCUT2D eigenvalue weighted by atomic mass is 9.46. The van der Waals surface area contributed by atoms with Gasteiger partial charge in [0.05, 0.1) is 12.7 Å². The second-order valence-corrected chi connectivity index (χ2v) is 12.3. The number of fused-ring (bicyclic) bond motifs is 5. The zero-order valence-electron chi connectivity index (χ0n) is 20.7. The number of hydrogen-bond donors (Lipinski definition) is 1. The minimum Gasteiger partial charge on any atom is -0.390 e. The van der Waals surface area contributed by atoms with Gasteiger partial charge in [0.1, 0.15) is 0 Å². The van der Waals surface area contributed by atoms with Crippen molar-refractivity contribution in [3.05, 3.63) is 11.6 Å². The second kappa shape index (κ2) is 8.17. The molecule has 4 rings (SSSR count). The number of carbonyl (C=O) groups is 1. The smallest absolute Gasteiger partial charge is 0.245 e. The van der Waals surface area contributed by atoms with E-state index < -0.39 is 5.60 Å². The summed E-state index contributed by atoms with van der Waals surface area (Å²) in [5, 5.41) is 12.0. The molecule has 4 nitrogen and oxygen atoms in total. The van der Waals surface area contributed by atoms with E-state index in [1.54, 1.807) is 19.7 Å². The highest BCUT2D eigenvalue weighted by Crippen LogP contribution is 2.67. The van der Waals surface area contributed by atoms with Gasteiger partial charge in [0, 0.05) is 13.5 Å². The van der Waals surface area contributed by atoms with Crippen LogP contribution >= 0.6 is 0 Å². The normalized spacial score (nSPS) is 45.2. The third kappa shape index (κ3) is 3.90. The van der Waals surface area contributed by atoms with Crippen LogP contribution in [0.25, 0.3) is 0 Å². The van der Waals surface area contributed by atoms with Crippen molar-refractivity contribution < 1.29 is 14.7 Å². The minimum atomic E-state index is -0.510. The zero-order valence-corrected chi connectivity index (χ0v) is 20.7. The largest absolute Gasteiger partial charge is 0.390 e. The Labute approximate surface area is 189 Å². The third-order valence-corrected chi connectivity index (χ3v) is 10.6. The molecule has 31 heavy (non-hydrogen) atoms. The Morgan fingerprint density at radius 1 is 1.19 bits per heavy atom. The van der Waals surface area contributed by atoms with E-state index in [2.05, 4.69) is 26.8 Å². The molecule has 0 aromatic heterocycles. The summed E-state index contributed by atoms with van der Waals surface area (Å²) in [6.45, 7) is 9.50. The Morgan fingerprint density at radius 3 is 2.65 bits per heavy atom. The van der Waals surface area contributed by atoms with E-state index in [-0.39, 0.29) is 5.91 Å². The highest BCUT2D eigenvalue weighted by molar-refractivity contribution is 5.74. The molecule has 0 heterocycles. The van der Waals surface area contributed by atoms with E-state index >= 15 is 0 Å². The molecule has 0 spiro atoms. The molecule has 176 valence electrons. The fraction of sp³-hybridized carbons (Fsp3) is 0.889. The van der Waals surface area contributed by atoms with Crippen LogP contribution in [0.15, 0.2) is 11.6 Å². The maximum atomic E-state index is 12.2. The van der Waals surface area contributed by atoms with Crippen molar-refractivity contribution in [3.8, 4) is 0 Å². The number of amides is 1. The van der Waals surface area contributed by atoms with Crippen LogP contribution in [0.4, 0.5) is 0 Å². The molecule has 4 aliphatic carbocycles. The maximum absolute atomic E-state index is 12.2. The average Bonchev–Trinajstić information content (AvgIpc) is 3.08. The van der Waals surface area contributed by atoms with E-state index in [9.17, 15) is 9.90 Å². The summed E-state index contributed by atoms with van der Waals surface area (Å²) in [4.78, 5) is 17.3. The number of hydroxylamine groups is 2. The lowest BCUT2D eigenvalue weighted by Crippen LogP contribution is -2.52. The average molecular weight is 432 g/mol. The molecule has 0 bridgehead atoms. The van der Waals surface area contributed by atoms with Crippen molar-refractivity contribution in [2.24, 2.45) is 40.4 Å². The minimum absolute atomic E-state index is 0.0869. The van der Waals surface area contributed by atoms with Crippen molar-refractivity contribution in [2.45, 2.75) is 97.5 Å². The summed E-state index contributed by atoms with van der Waals surface area (Å²) < 4.78 is 0. The molecule has 4 heteroatoms. The van der Waals surface area contributed by atoms with Gasteiger partial charge in [-0.3, -0.25) is 9.63 Å². The highest BCUT2D eigenvalue weighted by Gasteiger charge is 2.59. The molecular formula is C27H45NO3. The summed E-state index contributed by atoms with van der Waals surface area (Å²) >= 11 is 0. The standard InChI is InChI=1S/C27H45NO3/c1-18(7-12-24(29)28(5)31-6)21-10-11-22-20-9-8-19-17-25(2,30)15-16-26(19,3)23(20)13-14-27(21,22)4/h8,18,20-23,30H,7,9-17H2,1-6H3. The van der Waals surface area contributed by atoms with Gasteiger partial charge < -0.3 is 5.11 Å². The van der Waals surface area contributed by atoms with Crippen molar-refractivity contribution in [2.75, 3.05) is 14.2 Å². The van der Waals surface area contributed by atoms with Crippen molar-refractivity contribution in [3.63, 3.8) is 0 Å². The number of hydrogen-bond acceptors (Lipinski definition) is 3. The summed E-state index contributed by atoms with van der Waals surface area (Å²) in [5.41, 5.74) is 1.76. The summed E-state index contributed by atoms with van der Waals surface area (Å²) in [6, 6.07) is 0. The number of carbonyl (C=O) groups excluding carboxylic acids is 1. The summed E-state index contributed by atoms with van der Waals surface area (Å²) in [7, 11) is 3.26. The molecule has 1 N–H and O–H groups in total. The van der Waals surface area contributed by atoms with Crippen LogP contribution in [-0.2, 0) is 9.63 Å². The van der Waals surface area contributed by atoms with Crippen molar-refractivity contribution >= 4 is 5.91 Å². The first-order valence-electron chi connectivity index (χ1n) is 12.7. The van der Waals surface area contributed by atoms with Gasteiger partial charge >= 0.3 is 0 Å². The Balaban J connectivity index is 1.48. The van der Waals surface area contributed by atoms with E-state index in [1.807, 2.05) is 6.92 Å². The van der Waals surface area contributed by atoms with Crippen LogP contribution in [0.2, 0.25) is 0 Å². The lowest BCUT2D eigenvalue weighted by Gasteiger charge is -2.59. The monoisotopic (exact) mass is 431 g/mol. The molecule has 1 amide bonds. The van der Waals surface area contributed by atoms with Gasteiger partial charge in [-0.1, -0.05) is 32.4 Å². The highest BCUT2D eigenvalue weighted by atomic mass is 16.7. The van der Waals surface area contributed by atoms with Crippen LogP contribution < -0.4 is 0 Å². The van der Waals surface area contributed by atoms with Gasteiger partial charge in [0.15, 0.2) is 0 Å². The van der Waals surface area contributed by atoms with Gasteiger partial charge in [-0.25, -0.2) is 5.06 Å². The predicted octanol–water partition coefficient (Wildman–Crippen LogP) is 5.75. The maximum Gasteiger partial charge on any atom is 0.245 e. The lowest BCUT2D eigenvalue weighted by molar-refractivity contribution is -0.169. The van der Waals surface area contributed by atoms with Gasteiger partial charge in [-0.05, 0) is 105 Å². The first kappa shape index (κ1) is 23.3. The van der Waals surface area contributed by atoms with E-state index in [0.717, 1.165) is 49.4 Å². The Bertz CT molecular complexity index is 730. The van der Waals surface area contributed by atoms with Crippen LogP contribution in [0.1, 0.15) is 91.9 Å². The molecule has 0 aromatic carbocycles. The topological polar surface area (TPSA) is 49.8 Å². The van der Waals surface area contributed by atoms with Crippen LogP contribution in [0.3, 0.4) is 0 Å². The van der Waals surface area contributed by atoms with Gasteiger partial charge in [0.2, 0.25) is 5.91 Å². The Hall–Kier alpha value is -0.870. The predicted molar refractivity (Wildman–Crippen MR) is 124 cm³/mol. The molecule has 3 fully saturated rings. The fourth-order valence-corrected chi connectivity index (χ4v) is 8.59. The first-order valence-corrected chi connectivity index (χ1v) is 12.7. The Kier molecular flexibility index (Phi) is 6.14. The van der Waals surface area contributed by atoms with E-state index in [4.69, 9.17) is 4.84 Å². The number of allylic oxidation sites excluding steroid dienone is 1. The van der Waals surface area contributed by atoms with Gasteiger partial charge in [-0.2, -0.15) is 0 Å². The molecule has 0 aliphatic heterocycles. The van der Waals surface area contributed by atoms with Crippen molar-refractivity contribution in [1.29, 1.82) is 0 Å². The molecule has 0 saturated heterocycles. The van der Waals surface area contributed by atoms with E-state index in [1.165, 1.54) is 37.2 Å². The fourth-order valence-electron chi connectivity index (χ4n) is 8.59. The molecular weight excluding hydrogens is 386 g/mol. The second-order valence-electron chi connectivity index (χ2n) is 12.3. The summed E-state index contributed by atoms with van der Waals surface area (Å²) in [6.07, 6.45) is 13.6. The molecule has 0 radical (unpaired) electrons. The van der Waals surface area contributed by atoms with Crippen LogP contribution in [-0.4, -0.2) is 35.8 Å². The third-order valence-electron chi connectivity index (χ3n) is 10.6. The number of nitrogens with zero attached hydrogens (tertiary/aromatic N) is 1. The zero-order chi connectivity index (χ0) is 22.6. The van der Waals surface area contributed by atoms with Gasteiger partial charge in [0.25, 0.3) is 0 Å². The quantitative estimate of drug-likeness (QED) is 0.445. The first-order chi connectivity index (χ1) is 14.5. The molecule has 4 aliphatic rings. The number of aliphatic hydroxyl groups is 1. The Morgan fingerprint density at radius 2 is 1.94 bits per heavy atom. The molecule has 8 atom stereocenters. The molecule has 8 unspecified atom stereocenters. The molecule has 3 saturated carbocycles. The van der Waals surface area contributed by atoms with Crippen LogP contribution in [0, 0.1) is 40.4 Å². The van der Waals surface area contributed by atoms with Crippen molar-refractivity contribution in [1.82, 2.24) is 5.06 Å². The van der Waals surface area contributed by atoms with Gasteiger partial charge in [-0.15, -0.1) is 0 Å². The SMILES string of the molecule is CON(C)C(=O)CCC(C)C1CCC2C3CC=C4CC(C)(O)CCC4(C)C3CCC12C. The number of rotatable bonds is 5. The van der Waals surface area contributed by atoms with Crippen LogP contribution in [0.5, 0.6) is 0 Å². The van der Waals surface area contributed by atoms with E-state index in [0.29, 0.717) is 23.2 Å². The molecule has 0 aromatic rings.